The molecular weight excluding hydrogens is 539 g/mol. The van der Waals surface area contributed by atoms with E-state index in [1.54, 1.807) is 45.0 Å². The Morgan fingerprint density at radius 3 is 2.57 bits per heavy atom. The first-order chi connectivity index (χ1) is 19.9. The van der Waals surface area contributed by atoms with E-state index >= 15 is 4.39 Å². The minimum atomic E-state index is -0.976. The number of hydrogen-bond donors (Lipinski definition) is 1. The molecule has 1 aliphatic carbocycles. The summed E-state index contributed by atoms with van der Waals surface area (Å²) in [7, 11) is 1.96. The number of fused-ring (bicyclic) bond motifs is 4. The van der Waals surface area contributed by atoms with E-state index in [1.165, 1.54) is 11.0 Å². The van der Waals surface area contributed by atoms with Gasteiger partial charge in [0, 0.05) is 31.1 Å². The number of nitrogens with zero attached hydrogens (tertiary/aromatic N) is 3. The summed E-state index contributed by atoms with van der Waals surface area (Å²) >= 11 is 0. The smallest absolute Gasteiger partial charge is 0.411 e. The minimum absolute atomic E-state index is 0.00497. The number of amides is 2. The number of carbonyl (C=O) groups excluding carboxylic acids is 3. The summed E-state index contributed by atoms with van der Waals surface area (Å²) in [4.78, 5) is 42.3. The average molecular weight is 575 g/mol. The van der Waals surface area contributed by atoms with Crippen molar-refractivity contribution in [3.05, 3.63) is 58.9 Å². The number of esters is 1. The van der Waals surface area contributed by atoms with Crippen molar-refractivity contribution in [2.24, 2.45) is 5.92 Å². The topological polar surface area (TPSA) is 112 Å². The van der Waals surface area contributed by atoms with E-state index in [0.29, 0.717) is 29.8 Å². The van der Waals surface area contributed by atoms with Crippen molar-refractivity contribution in [1.29, 1.82) is 5.26 Å². The second-order valence-corrected chi connectivity index (χ2v) is 13.1. The van der Waals surface area contributed by atoms with Gasteiger partial charge in [-0.25, -0.2) is 14.0 Å². The van der Waals surface area contributed by atoms with Gasteiger partial charge in [0.25, 0.3) is 0 Å². The molecule has 0 aromatic heterocycles. The number of nitriles is 1. The van der Waals surface area contributed by atoms with Crippen LogP contribution in [0.15, 0.2) is 36.4 Å². The molecular formula is C32H35FN4O5. The fourth-order valence-electron chi connectivity index (χ4n) is 7.03. The van der Waals surface area contributed by atoms with E-state index in [2.05, 4.69) is 16.3 Å². The predicted molar refractivity (Wildman–Crippen MR) is 151 cm³/mol. The van der Waals surface area contributed by atoms with Gasteiger partial charge in [0.2, 0.25) is 5.91 Å². The zero-order valence-corrected chi connectivity index (χ0v) is 24.3. The van der Waals surface area contributed by atoms with Crippen molar-refractivity contribution in [1.82, 2.24) is 15.1 Å². The Bertz CT molecular complexity index is 1510. The maximum Gasteiger partial charge on any atom is 0.411 e. The summed E-state index contributed by atoms with van der Waals surface area (Å²) in [5.74, 6) is -1.24. The van der Waals surface area contributed by atoms with Crippen LogP contribution in [0.25, 0.3) is 11.1 Å². The molecule has 42 heavy (non-hydrogen) atoms. The molecule has 0 radical (unpaired) electrons. The van der Waals surface area contributed by atoms with Crippen molar-refractivity contribution in [3.63, 3.8) is 0 Å². The molecule has 10 heteroatoms. The van der Waals surface area contributed by atoms with E-state index < -0.39 is 41.1 Å². The number of nitrogens with one attached hydrogen (secondary N) is 1. The molecule has 2 amide bonds. The first-order valence-corrected chi connectivity index (χ1v) is 14.4. The number of benzene rings is 2. The maximum absolute atomic E-state index is 15.4. The van der Waals surface area contributed by atoms with Gasteiger partial charge in [0.1, 0.15) is 23.5 Å². The SMILES string of the molecule is CN1CC2(C1)OC(=O)c1ccc(-c3ccc(C[C@@H](C#N)NC(=O)[C@@H]4[C@H]5CC[C@H](C5)N4C(=O)OC(C)(C)C)c(F)c3)cc12. The van der Waals surface area contributed by atoms with Crippen LogP contribution in [-0.4, -0.2) is 71.6 Å². The monoisotopic (exact) mass is 574 g/mol. The molecule has 2 saturated heterocycles. The third-order valence-corrected chi connectivity index (χ3v) is 8.81. The number of hydrogen-bond acceptors (Lipinski definition) is 7. The maximum atomic E-state index is 15.4. The first kappa shape index (κ1) is 28.2. The van der Waals surface area contributed by atoms with Crippen LogP contribution < -0.4 is 5.32 Å². The van der Waals surface area contributed by atoms with Crippen molar-refractivity contribution < 1.29 is 28.2 Å². The summed E-state index contributed by atoms with van der Waals surface area (Å²) in [5, 5.41) is 12.6. The van der Waals surface area contributed by atoms with Crippen LogP contribution >= 0.6 is 0 Å². The summed E-state index contributed by atoms with van der Waals surface area (Å²) in [6, 6.07) is 10.5. The van der Waals surface area contributed by atoms with Gasteiger partial charge in [-0.3, -0.25) is 14.6 Å². The number of ether oxygens (including phenoxy) is 2. The zero-order valence-electron chi connectivity index (χ0n) is 24.3. The molecule has 4 aliphatic rings. The van der Waals surface area contributed by atoms with E-state index in [1.807, 2.05) is 13.1 Å². The Kier molecular flexibility index (Phi) is 6.76. The van der Waals surface area contributed by atoms with Gasteiger partial charge < -0.3 is 14.8 Å². The summed E-state index contributed by atoms with van der Waals surface area (Å²) in [6.45, 7) is 6.57. The van der Waals surface area contributed by atoms with Crippen LogP contribution in [0.3, 0.4) is 0 Å². The predicted octanol–water partition coefficient (Wildman–Crippen LogP) is 4.14. The summed E-state index contributed by atoms with van der Waals surface area (Å²) in [5.41, 5.74) is 1.70. The second-order valence-electron chi connectivity index (χ2n) is 13.1. The lowest BCUT2D eigenvalue weighted by Gasteiger charge is -2.44. The fourth-order valence-corrected chi connectivity index (χ4v) is 7.03. The van der Waals surface area contributed by atoms with Gasteiger partial charge >= 0.3 is 12.1 Å². The van der Waals surface area contributed by atoms with Crippen LogP contribution in [0.5, 0.6) is 0 Å². The molecule has 4 atom stereocenters. The highest BCUT2D eigenvalue weighted by Gasteiger charge is 2.54. The molecule has 2 bridgehead atoms. The molecule has 3 fully saturated rings. The molecule has 0 unspecified atom stereocenters. The normalized spacial score (nSPS) is 24.5. The van der Waals surface area contributed by atoms with Crippen LogP contribution in [0.2, 0.25) is 0 Å². The van der Waals surface area contributed by atoms with Crippen molar-refractivity contribution in [2.45, 2.75) is 75.8 Å². The first-order valence-electron chi connectivity index (χ1n) is 14.4. The van der Waals surface area contributed by atoms with E-state index in [0.717, 1.165) is 30.4 Å². The number of carbonyl (C=O) groups is 3. The number of likely N-dealkylation sites (N-methyl/N-ethyl adjacent to an activating group) is 1. The molecule has 6 rings (SSSR count). The summed E-state index contributed by atoms with van der Waals surface area (Å²) < 4.78 is 26.6. The van der Waals surface area contributed by atoms with Gasteiger partial charge in [-0.2, -0.15) is 5.26 Å². The molecule has 1 spiro atoms. The van der Waals surface area contributed by atoms with Gasteiger partial charge in [-0.1, -0.05) is 18.2 Å². The number of piperidine rings is 1. The van der Waals surface area contributed by atoms with Crippen molar-refractivity contribution >= 4 is 18.0 Å². The van der Waals surface area contributed by atoms with Crippen LogP contribution in [0.4, 0.5) is 9.18 Å². The largest absolute Gasteiger partial charge is 0.448 e. The van der Waals surface area contributed by atoms with Gasteiger partial charge in [0.15, 0.2) is 5.60 Å². The molecule has 1 saturated carbocycles. The Hall–Kier alpha value is -3.97. The number of rotatable bonds is 5. The summed E-state index contributed by atoms with van der Waals surface area (Å²) in [6.07, 6.45) is 1.83. The van der Waals surface area contributed by atoms with E-state index in [-0.39, 0.29) is 24.3 Å². The lowest BCUT2D eigenvalue weighted by Crippen LogP contribution is -2.57. The average Bonchev–Trinajstić information content (AvgIpc) is 3.60. The Morgan fingerprint density at radius 1 is 1.19 bits per heavy atom. The Balaban J connectivity index is 1.16. The van der Waals surface area contributed by atoms with Crippen molar-refractivity contribution in [2.75, 3.05) is 20.1 Å². The zero-order chi connectivity index (χ0) is 30.0. The number of halogens is 1. The highest BCUT2D eigenvalue weighted by atomic mass is 19.1. The van der Waals surface area contributed by atoms with Crippen molar-refractivity contribution in [3.8, 4) is 17.2 Å². The molecule has 3 heterocycles. The third kappa shape index (κ3) is 4.90. The molecule has 1 N–H and O–H groups in total. The third-order valence-electron chi connectivity index (χ3n) is 8.81. The fraction of sp³-hybridized carbons (Fsp3) is 0.500. The molecule has 220 valence electrons. The molecule has 2 aromatic rings. The highest BCUT2D eigenvalue weighted by molar-refractivity contribution is 5.96. The lowest BCUT2D eigenvalue weighted by atomic mass is 9.84. The molecule has 9 nitrogen and oxygen atoms in total. The lowest BCUT2D eigenvalue weighted by molar-refractivity contribution is -0.128. The van der Waals surface area contributed by atoms with Crippen LogP contribution in [0.1, 0.15) is 61.5 Å². The van der Waals surface area contributed by atoms with E-state index in [9.17, 15) is 19.6 Å². The molecule has 3 aliphatic heterocycles. The van der Waals surface area contributed by atoms with Crippen LogP contribution in [0, 0.1) is 23.1 Å². The van der Waals surface area contributed by atoms with Gasteiger partial charge in [0.05, 0.1) is 11.6 Å². The van der Waals surface area contributed by atoms with Gasteiger partial charge in [-0.15, -0.1) is 0 Å². The number of likely N-dealkylation sites (tertiary alicyclic amines) is 2. The minimum Gasteiger partial charge on any atom is -0.448 e. The standard InChI is InChI=1S/C32H35FN4O5/c1-31(2,3)42-30(40)37-23-9-7-21(12-23)27(37)28(38)35-22(15-34)11-20-6-5-19(14-26(20)33)18-8-10-24-25(13-18)32(41-29(24)39)16-36(4)17-32/h5-6,8,10,13-14,21-23,27H,7,9,11-12,16-17H2,1-4H3,(H,35,38)/t21-,22-,23+,27-/m0/s1. The quantitative estimate of drug-likeness (QED) is 0.534. The van der Waals surface area contributed by atoms with Crippen LogP contribution in [-0.2, 0) is 26.3 Å². The molecule has 2 aromatic carbocycles. The Labute approximate surface area is 244 Å². The highest BCUT2D eigenvalue weighted by Crippen LogP contribution is 2.45. The van der Waals surface area contributed by atoms with E-state index in [4.69, 9.17) is 9.47 Å². The Morgan fingerprint density at radius 2 is 1.90 bits per heavy atom. The second kappa shape index (κ2) is 10.1. The van der Waals surface area contributed by atoms with Gasteiger partial charge in [-0.05, 0) is 87.9 Å².